The van der Waals surface area contributed by atoms with Gasteiger partial charge in [0.25, 0.3) is 0 Å². The first-order valence-corrected chi connectivity index (χ1v) is 15.2. The molecule has 0 saturated carbocycles. The summed E-state index contributed by atoms with van der Waals surface area (Å²) in [5.41, 5.74) is 9.80. The molecular formula is C36H38ClN3O4. The summed E-state index contributed by atoms with van der Waals surface area (Å²) in [6, 6.07) is 16.9. The summed E-state index contributed by atoms with van der Waals surface area (Å²) in [6.45, 7) is 8.51. The van der Waals surface area contributed by atoms with Crippen molar-refractivity contribution < 1.29 is 19.4 Å². The average Bonchev–Trinajstić information content (AvgIpc) is 3.42. The molecule has 0 fully saturated rings. The molecule has 0 aliphatic heterocycles. The third-order valence-electron chi connectivity index (χ3n) is 8.42. The minimum Gasteiger partial charge on any atom is -0.494 e. The first-order valence-electron chi connectivity index (χ1n) is 14.8. The van der Waals surface area contributed by atoms with Gasteiger partial charge < -0.3 is 14.4 Å². The number of benzene rings is 3. The maximum absolute atomic E-state index is 14.0. The molecule has 7 nitrogen and oxygen atoms in total. The van der Waals surface area contributed by atoms with Gasteiger partial charge >= 0.3 is 5.97 Å². The van der Waals surface area contributed by atoms with Crippen LogP contribution < -0.4 is 4.74 Å². The Kier molecular flexibility index (Phi) is 8.97. The molecule has 0 spiro atoms. The number of aromatic carboxylic acids is 1. The topological polar surface area (TPSA) is 86.3 Å². The maximum atomic E-state index is 14.0. The van der Waals surface area contributed by atoms with Crippen molar-refractivity contribution >= 4 is 34.3 Å². The second kappa shape index (κ2) is 12.7. The zero-order valence-corrected chi connectivity index (χ0v) is 26.9. The number of hydrogen-bond acceptors (Lipinski definition) is 4. The normalized spacial score (nSPS) is 11.3. The number of halogens is 1. The lowest BCUT2D eigenvalue weighted by Gasteiger charge is -2.11. The first-order chi connectivity index (χ1) is 21.0. The first kappa shape index (κ1) is 31.1. The van der Waals surface area contributed by atoms with Crippen molar-refractivity contribution in [1.82, 2.24) is 14.3 Å². The number of ether oxygens (including phenoxy) is 1. The number of aryl methyl sites for hydroxylation is 7. The lowest BCUT2D eigenvalue weighted by Crippen LogP contribution is -2.11. The molecule has 0 radical (unpaired) electrons. The zero-order valence-electron chi connectivity index (χ0n) is 26.1. The van der Waals surface area contributed by atoms with E-state index in [1.54, 1.807) is 18.2 Å². The molecule has 0 saturated heterocycles. The number of para-hydroxylation sites is 1. The lowest BCUT2D eigenvalue weighted by molar-refractivity contribution is 0.0696. The highest BCUT2D eigenvalue weighted by atomic mass is 35.5. The molecule has 228 valence electrons. The highest BCUT2D eigenvalue weighted by molar-refractivity contribution is 6.32. The van der Waals surface area contributed by atoms with Crippen molar-refractivity contribution in [2.45, 2.75) is 53.4 Å². The van der Waals surface area contributed by atoms with Crippen LogP contribution >= 0.6 is 11.6 Å². The minimum absolute atomic E-state index is 0.0230. The summed E-state index contributed by atoms with van der Waals surface area (Å²) in [5, 5.41) is 15.8. The van der Waals surface area contributed by atoms with E-state index < -0.39 is 5.97 Å². The Balaban J connectivity index is 1.49. The van der Waals surface area contributed by atoms with E-state index in [2.05, 4.69) is 30.2 Å². The molecule has 44 heavy (non-hydrogen) atoms. The highest BCUT2D eigenvalue weighted by Gasteiger charge is 2.24. The molecule has 2 heterocycles. The fourth-order valence-electron chi connectivity index (χ4n) is 6.23. The summed E-state index contributed by atoms with van der Waals surface area (Å²) < 4.78 is 10.0. The standard InChI is InChI=1S/C36H38ClN3O4/c1-21-18-27(19-22(2)33(21)37)44-17-9-14-29-28-12-8-13-30(32-23(3)38-40(6)24(32)4)34(28)39(5)35(29)31(41)16-15-25-10-7-11-26(20-25)36(42)43/h7-8,10-13,18-20H,9,14-17H2,1-6H3,(H,42,43). The van der Waals surface area contributed by atoms with Crippen LogP contribution in [0.4, 0.5) is 0 Å². The third kappa shape index (κ3) is 6.02. The van der Waals surface area contributed by atoms with Gasteiger partial charge in [0.2, 0.25) is 0 Å². The predicted octanol–water partition coefficient (Wildman–Crippen LogP) is 7.99. The van der Waals surface area contributed by atoms with Crippen LogP contribution in [0, 0.1) is 27.7 Å². The molecule has 8 heteroatoms. The molecule has 2 aromatic heterocycles. The largest absolute Gasteiger partial charge is 0.494 e. The van der Waals surface area contributed by atoms with Crippen molar-refractivity contribution in [2.24, 2.45) is 14.1 Å². The second-order valence-electron chi connectivity index (χ2n) is 11.5. The fraction of sp³-hybridized carbons (Fsp3) is 0.306. The van der Waals surface area contributed by atoms with Gasteiger partial charge in [0.15, 0.2) is 5.78 Å². The van der Waals surface area contributed by atoms with Crippen LogP contribution in [0.25, 0.3) is 22.0 Å². The molecule has 5 rings (SSSR count). The van der Waals surface area contributed by atoms with E-state index in [0.717, 1.165) is 72.9 Å². The van der Waals surface area contributed by atoms with Crippen LogP contribution in [-0.2, 0) is 26.9 Å². The molecule has 1 N–H and O–H groups in total. The maximum Gasteiger partial charge on any atom is 0.335 e. The van der Waals surface area contributed by atoms with Gasteiger partial charge in [-0.05, 0) is 93.5 Å². The number of carbonyl (C=O) groups is 2. The van der Waals surface area contributed by atoms with Crippen molar-refractivity contribution in [1.29, 1.82) is 0 Å². The number of aromatic nitrogens is 3. The number of ketones is 1. The Bertz CT molecular complexity index is 1880. The minimum atomic E-state index is -0.978. The number of hydrogen-bond donors (Lipinski definition) is 1. The average molecular weight is 612 g/mol. The molecule has 3 aromatic carbocycles. The van der Waals surface area contributed by atoms with Crippen LogP contribution in [-0.4, -0.2) is 37.8 Å². The van der Waals surface area contributed by atoms with Gasteiger partial charge in [0.05, 0.1) is 29.1 Å². The van der Waals surface area contributed by atoms with Crippen LogP contribution in [0.2, 0.25) is 5.02 Å². The van der Waals surface area contributed by atoms with Gasteiger partial charge in [0, 0.05) is 47.7 Å². The van der Waals surface area contributed by atoms with E-state index in [1.807, 2.05) is 62.3 Å². The van der Waals surface area contributed by atoms with Gasteiger partial charge in [0.1, 0.15) is 5.75 Å². The van der Waals surface area contributed by atoms with E-state index in [-0.39, 0.29) is 17.8 Å². The molecule has 0 bridgehead atoms. The number of carbonyl (C=O) groups excluding carboxylic acids is 1. The molecule has 0 aliphatic rings. The van der Waals surface area contributed by atoms with Crippen molar-refractivity contribution in [3.63, 3.8) is 0 Å². The van der Waals surface area contributed by atoms with Gasteiger partial charge in [-0.15, -0.1) is 0 Å². The predicted molar refractivity (Wildman–Crippen MR) is 175 cm³/mol. The van der Waals surface area contributed by atoms with Gasteiger partial charge in [-0.1, -0.05) is 41.9 Å². The van der Waals surface area contributed by atoms with Crippen molar-refractivity contribution in [2.75, 3.05) is 6.61 Å². The quantitative estimate of drug-likeness (QED) is 0.121. The second-order valence-corrected chi connectivity index (χ2v) is 11.9. The Labute approximate surface area is 263 Å². The number of fused-ring (bicyclic) bond motifs is 1. The number of carboxylic acid groups (broad SMARTS) is 1. The van der Waals surface area contributed by atoms with E-state index in [9.17, 15) is 14.7 Å². The highest BCUT2D eigenvalue weighted by Crippen LogP contribution is 2.37. The van der Waals surface area contributed by atoms with Gasteiger partial charge in [-0.25, -0.2) is 4.79 Å². The van der Waals surface area contributed by atoms with Crippen LogP contribution in [0.15, 0.2) is 54.6 Å². The SMILES string of the molecule is Cc1cc(OCCCc2c(C(=O)CCc3cccc(C(=O)O)c3)n(C)c3c(-c4c(C)nn(C)c4C)cccc23)cc(C)c1Cl. The summed E-state index contributed by atoms with van der Waals surface area (Å²) in [6.07, 6.45) is 2.09. The van der Waals surface area contributed by atoms with Gasteiger partial charge in [-0.3, -0.25) is 9.48 Å². The number of rotatable bonds is 11. The van der Waals surface area contributed by atoms with Crippen LogP contribution in [0.5, 0.6) is 5.75 Å². The van der Waals surface area contributed by atoms with Gasteiger partial charge in [-0.2, -0.15) is 5.10 Å². The number of nitrogens with zero attached hydrogens (tertiary/aromatic N) is 3. The summed E-state index contributed by atoms with van der Waals surface area (Å²) >= 11 is 6.34. The monoisotopic (exact) mass is 611 g/mol. The molecule has 5 aromatic rings. The Morgan fingerprint density at radius 1 is 0.955 bits per heavy atom. The van der Waals surface area contributed by atoms with E-state index in [0.29, 0.717) is 25.1 Å². The molecule has 0 aliphatic carbocycles. The fourth-order valence-corrected chi connectivity index (χ4v) is 6.34. The van der Waals surface area contributed by atoms with Crippen LogP contribution in [0.1, 0.15) is 67.3 Å². The number of Topliss-reactive ketones (excluding diaryl/α,β-unsaturated/α-hetero) is 1. The van der Waals surface area contributed by atoms with E-state index in [1.165, 1.54) is 0 Å². The molecule has 0 atom stereocenters. The molecule has 0 unspecified atom stereocenters. The van der Waals surface area contributed by atoms with E-state index >= 15 is 0 Å². The van der Waals surface area contributed by atoms with E-state index in [4.69, 9.17) is 16.3 Å². The van der Waals surface area contributed by atoms with Crippen molar-refractivity contribution in [3.05, 3.63) is 105 Å². The molecule has 0 amide bonds. The lowest BCUT2D eigenvalue weighted by atomic mass is 9.97. The molecular weight excluding hydrogens is 574 g/mol. The Morgan fingerprint density at radius 2 is 1.66 bits per heavy atom. The smallest absolute Gasteiger partial charge is 0.335 e. The zero-order chi connectivity index (χ0) is 31.7. The third-order valence-corrected chi connectivity index (χ3v) is 9.02. The summed E-state index contributed by atoms with van der Waals surface area (Å²) in [5.74, 6) is -0.171. The number of carboxylic acids is 1. The Hall–Kier alpha value is -4.36. The van der Waals surface area contributed by atoms with Crippen LogP contribution in [0.3, 0.4) is 0 Å². The van der Waals surface area contributed by atoms with Crippen molar-refractivity contribution in [3.8, 4) is 16.9 Å². The summed E-state index contributed by atoms with van der Waals surface area (Å²) in [4.78, 5) is 25.5. The Morgan fingerprint density at radius 3 is 2.32 bits per heavy atom. The summed E-state index contributed by atoms with van der Waals surface area (Å²) in [7, 11) is 3.91.